The molecule has 0 aromatic heterocycles. The van der Waals surface area contributed by atoms with Crippen molar-refractivity contribution in [2.75, 3.05) is 25.0 Å². The molecule has 2 heterocycles. The van der Waals surface area contributed by atoms with Gasteiger partial charge in [0.05, 0.1) is 5.41 Å². The molecule has 3 aliphatic rings. The number of likely N-dealkylation sites (tertiary alicyclic amines) is 1. The van der Waals surface area contributed by atoms with Gasteiger partial charge in [-0.3, -0.25) is 14.5 Å². The molecule has 0 saturated carbocycles. The average molecular weight is 468 g/mol. The highest BCUT2D eigenvalue weighted by molar-refractivity contribution is 6.10. The Hall–Kier alpha value is -3.18. The first-order valence-electron chi connectivity index (χ1n) is 12.8. The molecule has 3 aromatic rings. The summed E-state index contributed by atoms with van der Waals surface area (Å²) >= 11 is 0. The number of carbonyl (C=O) groups excluding carboxylic acids is 2. The van der Waals surface area contributed by atoms with E-state index in [1.165, 1.54) is 21.9 Å². The third-order valence-corrected chi connectivity index (χ3v) is 8.88. The van der Waals surface area contributed by atoms with Crippen LogP contribution in [-0.2, 0) is 27.0 Å². The maximum atomic E-state index is 13.8. The SMILES string of the molecule is CNC(=O)C[C@@]1(C)C(=O)N(C2CCN([C@@]3(C)Cc4cccc5cccc3c45)CC2)c2ccccc21. The number of hydrogen-bond acceptors (Lipinski definition) is 3. The number of fused-ring (bicyclic) bond motifs is 1. The van der Waals surface area contributed by atoms with Crippen LogP contribution in [0.1, 0.15) is 49.8 Å². The Bertz CT molecular complexity index is 1340. The summed E-state index contributed by atoms with van der Waals surface area (Å²) in [5.74, 6) is -0.0415. The fourth-order valence-electron chi connectivity index (χ4n) is 6.96. The van der Waals surface area contributed by atoms with Crippen LogP contribution in [0.4, 0.5) is 5.69 Å². The van der Waals surface area contributed by atoms with E-state index in [0.717, 1.165) is 43.6 Å². The van der Waals surface area contributed by atoms with E-state index in [2.05, 4.69) is 53.5 Å². The van der Waals surface area contributed by atoms with Crippen molar-refractivity contribution in [3.8, 4) is 0 Å². The van der Waals surface area contributed by atoms with E-state index in [4.69, 9.17) is 0 Å². The second-order valence-electron chi connectivity index (χ2n) is 10.9. The molecular weight excluding hydrogens is 434 g/mol. The number of piperidine rings is 1. The minimum Gasteiger partial charge on any atom is -0.359 e. The molecule has 0 bridgehead atoms. The largest absolute Gasteiger partial charge is 0.359 e. The lowest BCUT2D eigenvalue weighted by Gasteiger charge is -2.45. The molecular formula is C30H33N3O2. The Morgan fingerprint density at radius 3 is 2.40 bits per heavy atom. The van der Waals surface area contributed by atoms with Gasteiger partial charge < -0.3 is 10.2 Å². The third kappa shape index (κ3) is 3.17. The van der Waals surface area contributed by atoms with Crippen LogP contribution in [0, 0.1) is 0 Å². The zero-order chi connectivity index (χ0) is 24.4. The van der Waals surface area contributed by atoms with Crippen molar-refractivity contribution in [3.05, 3.63) is 77.4 Å². The minimum atomic E-state index is -0.817. The standard InChI is InChI=1S/C30H33N3O2/c1-29(19-26(34)31-3)23-11-4-5-13-25(23)33(28(29)35)22-14-16-32(17-15-22)30(2)18-21-10-6-8-20-9-7-12-24(30)27(20)21/h4-13,22H,14-19H2,1-3H3,(H,31,34)/t29-,30+/m1/s1. The van der Waals surface area contributed by atoms with Crippen LogP contribution in [-0.4, -0.2) is 42.9 Å². The number of hydrogen-bond donors (Lipinski definition) is 1. The van der Waals surface area contributed by atoms with Gasteiger partial charge in [0.2, 0.25) is 11.8 Å². The van der Waals surface area contributed by atoms with Gasteiger partial charge >= 0.3 is 0 Å². The summed E-state index contributed by atoms with van der Waals surface area (Å²) in [6.45, 7) is 6.21. The summed E-state index contributed by atoms with van der Waals surface area (Å²) in [6, 6.07) is 21.5. The first kappa shape index (κ1) is 22.3. The Kier molecular flexibility index (Phi) is 5.05. The molecule has 1 N–H and O–H groups in total. The lowest BCUT2D eigenvalue weighted by atomic mass is 9.80. The molecule has 0 radical (unpaired) electrons. The van der Waals surface area contributed by atoms with Crippen molar-refractivity contribution in [2.45, 2.75) is 56.5 Å². The number of nitrogens with zero attached hydrogens (tertiary/aromatic N) is 2. The predicted molar refractivity (Wildman–Crippen MR) is 140 cm³/mol. The van der Waals surface area contributed by atoms with Crippen molar-refractivity contribution >= 4 is 28.3 Å². The summed E-state index contributed by atoms with van der Waals surface area (Å²) in [5.41, 5.74) is 3.99. The van der Waals surface area contributed by atoms with Crippen LogP contribution < -0.4 is 10.2 Å². The average Bonchev–Trinajstić information content (AvgIpc) is 3.30. The Labute approximate surface area is 207 Å². The number of amides is 2. The van der Waals surface area contributed by atoms with Crippen molar-refractivity contribution < 1.29 is 9.59 Å². The van der Waals surface area contributed by atoms with Crippen LogP contribution in [0.25, 0.3) is 10.8 Å². The lowest BCUT2D eigenvalue weighted by molar-refractivity contribution is -0.129. The van der Waals surface area contributed by atoms with Gasteiger partial charge in [-0.25, -0.2) is 0 Å². The molecule has 2 amide bonds. The summed E-state index contributed by atoms with van der Waals surface area (Å²) in [6.07, 6.45) is 3.06. The summed E-state index contributed by atoms with van der Waals surface area (Å²) < 4.78 is 0. The maximum Gasteiger partial charge on any atom is 0.238 e. The van der Waals surface area contributed by atoms with Gasteiger partial charge in [-0.15, -0.1) is 0 Å². The van der Waals surface area contributed by atoms with Gasteiger partial charge in [0.15, 0.2) is 0 Å². The van der Waals surface area contributed by atoms with Crippen LogP contribution in [0.2, 0.25) is 0 Å². The minimum absolute atomic E-state index is 0.0190. The maximum absolute atomic E-state index is 13.8. The quantitative estimate of drug-likeness (QED) is 0.614. The molecule has 5 heteroatoms. The van der Waals surface area contributed by atoms with E-state index < -0.39 is 5.41 Å². The van der Waals surface area contributed by atoms with E-state index in [0.29, 0.717) is 0 Å². The molecule has 2 aliphatic heterocycles. The van der Waals surface area contributed by atoms with Gasteiger partial charge in [-0.05, 0) is 66.6 Å². The second kappa shape index (κ2) is 7.92. The Morgan fingerprint density at radius 2 is 1.66 bits per heavy atom. The van der Waals surface area contributed by atoms with Gasteiger partial charge in [0.1, 0.15) is 0 Å². The molecule has 180 valence electrons. The van der Waals surface area contributed by atoms with E-state index in [1.807, 2.05) is 36.1 Å². The normalized spacial score (nSPS) is 26.4. The smallest absolute Gasteiger partial charge is 0.238 e. The molecule has 1 saturated heterocycles. The molecule has 0 unspecified atom stereocenters. The van der Waals surface area contributed by atoms with Crippen LogP contribution in [0.5, 0.6) is 0 Å². The molecule has 3 aromatic carbocycles. The highest BCUT2D eigenvalue weighted by Crippen LogP contribution is 2.48. The zero-order valence-corrected chi connectivity index (χ0v) is 20.8. The molecule has 6 rings (SSSR count). The van der Waals surface area contributed by atoms with Crippen molar-refractivity contribution in [1.82, 2.24) is 10.2 Å². The number of carbonyl (C=O) groups is 2. The number of rotatable bonds is 4. The topological polar surface area (TPSA) is 52.7 Å². The monoisotopic (exact) mass is 467 g/mol. The summed E-state index contributed by atoms with van der Waals surface area (Å²) in [5, 5.41) is 5.45. The van der Waals surface area contributed by atoms with Gasteiger partial charge in [0, 0.05) is 43.8 Å². The van der Waals surface area contributed by atoms with Gasteiger partial charge in [-0.1, -0.05) is 54.6 Å². The summed E-state index contributed by atoms with van der Waals surface area (Å²) in [4.78, 5) is 30.8. The first-order valence-corrected chi connectivity index (χ1v) is 12.8. The van der Waals surface area contributed by atoms with Gasteiger partial charge in [-0.2, -0.15) is 0 Å². The molecule has 35 heavy (non-hydrogen) atoms. The van der Waals surface area contributed by atoms with E-state index in [9.17, 15) is 9.59 Å². The number of nitrogens with one attached hydrogen (secondary N) is 1. The fourth-order valence-corrected chi connectivity index (χ4v) is 6.96. The third-order valence-electron chi connectivity index (χ3n) is 8.88. The summed E-state index contributed by atoms with van der Waals surface area (Å²) in [7, 11) is 1.63. The molecule has 5 nitrogen and oxygen atoms in total. The van der Waals surface area contributed by atoms with Crippen LogP contribution in [0.15, 0.2) is 60.7 Å². The number of para-hydroxylation sites is 1. The van der Waals surface area contributed by atoms with Gasteiger partial charge in [0.25, 0.3) is 0 Å². The highest BCUT2D eigenvalue weighted by atomic mass is 16.2. The van der Waals surface area contributed by atoms with Crippen LogP contribution >= 0.6 is 0 Å². The van der Waals surface area contributed by atoms with Crippen molar-refractivity contribution in [2.24, 2.45) is 0 Å². The van der Waals surface area contributed by atoms with E-state index >= 15 is 0 Å². The first-order chi connectivity index (χ1) is 16.9. The number of anilines is 1. The molecule has 0 spiro atoms. The highest BCUT2D eigenvalue weighted by Gasteiger charge is 2.51. The predicted octanol–water partition coefficient (Wildman–Crippen LogP) is 4.52. The molecule has 1 fully saturated rings. The Morgan fingerprint density at radius 1 is 0.971 bits per heavy atom. The zero-order valence-electron chi connectivity index (χ0n) is 20.8. The molecule has 2 atom stereocenters. The van der Waals surface area contributed by atoms with Crippen molar-refractivity contribution in [1.29, 1.82) is 0 Å². The number of benzene rings is 3. The van der Waals surface area contributed by atoms with Crippen LogP contribution in [0.3, 0.4) is 0 Å². The fraction of sp³-hybridized carbons (Fsp3) is 0.400. The molecule has 1 aliphatic carbocycles. The Balaban J connectivity index is 1.26. The second-order valence-corrected chi connectivity index (χ2v) is 10.9. The lowest BCUT2D eigenvalue weighted by Crippen LogP contribution is -2.54. The van der Waals surface area contributed by atoms with E-state index in [-0.39, 0.29) is 29.8 Å². The van der Waals surface area contributed by atoms with E-state index in [1.54, 1.807) is 7.05 Å². The van der Waals surface area contributed by atoms with Crippen molar-refractivity contribution in [3.63, 3.8) is 0 Å².